The predicted molar refractivity (Wildman–Crippen MR) is 50.1 cm³/mol. The third-order valence-corrected chi connectivity index (χ3v) is 2.31. The summed E-state index contributed by atoms with van der Waals surface area (Å²) in [6.45, 7) is 0. The lowest BCUT2D eigenvalue weighted by molar-refractivity contribution is -0.119. The van der Waals surface area contributed by atoms with Crippen molar-refractivity contribution in [3.05, 3.63) is 24.4 Å². The van der Waals surface area contributed by atoms with Gasteiger partial charge in [0.1, 0.15) is 11.2 Å². The second-order valence-corrected chi connectivity index (χ2v) is 3.36. The number of carbonyl (C=O) groups is 1. The van der Waals surface area contributed by atoms with Gasteiger partial charge in [-0.2, -0.15) is 5.26 Å². The molecule has 0 saturated heterocycles. The van der Waals surface area contributed by atoms with Crippen molar-refractivity contribution in [2.24, 2.45) is 5.41 Å². The fourth-order valence-corrected chi connectivity index (χ4v) is 1.19. The zero-order valence-electron chi connectivity index (χ0n) is 7.53. The molecule has 1 aliphatic carbocycles. The van der Waals surface area contributed by atoms with Gasteiger partial charge in [-0.1, -0.05) is 6.07 Å². The Bertz CT molecular complexity index is 390. The van der Waals surface area contributed by atoms with Gasteiger partial charge in [-0.15, -0.1) is 0 Å². The van der Waals surface area contributed by atoms with Crippen LogP contribution in [0.1, 0.15) is 12.8 Å². The molecule has 0 aromatic carbocycles. The van der Waals surface area contributed by atoms with E-state index in [1.807, 2.05) is 6.07 Å². The molecule has 1 amide bonds. The minimum atomic E-state index is -0.780. The van der Waals surface area contributed by atoms with Crippen LogP contribution in [0.4, 0.5) is 5.82 Å². The first-order chi connectivity index (χ1) is 6.77. The summed E-state index contributed by atoms with van der Waals surface area (Å²) in [5, 5.41) is 11.4. The smallest absolute Gasteiger partial charge is 0.246 e. The summed E-state index contributed by atoms with van der Waals surface area (Å²) in [6, 6.07) is 7.29. The molecule has 4 heteroatoms. The lowest BCUT2D eigenvalue weighted by Crippen LogP contribution is -2.23. The Morgan fingerprint density at radius 3 is 2.86 bits per heavy atom. The van der Waals surface area contributed by atoms with Crippen LogP contribution in [0.5, 0.6) is 0 Å². The first-order valence-electron chi connectivity index (χ1n) is 4.41. The van der Waals surface area contributed by atoms with Crippen molar-refractivity contribution in [1.29, 1.82) is 5.26 Å². The lowest BCUT2D eigenvalue weighted by atomic mass is 10.1. The highest BCUT2D eigenvalue weighted by Crippen LogP contribution is 2.45. The number of hydrogen-bond donors (Lipinski definition) is 1. The lowest BCUT2D eigenvalue weighted by Gasteiger charge is -2.06. The molecule has 0 radical (unpaired) electrons. The van der Waals surface area contributed by atoms with Crippen molar-refractivity contribution in [3.8, 4) is 6.07 Å². The number of nitriles is 1. The molecule has 1 heterocycles. The van der Waals surface area contributed by atoms with Crippen LogP contribution in [-0.4, -0.2) is 10.9 Å². The molecule has 1 aliphatic rings. The van der Waals surface area contributed by atoms with Gasteiger partial charge in [0.05, 0.1) is 6.07 Å². The van der Waals surface area contributed by atoms with E-state index in [4.69, 9.17) is 5.26 Å². The van der Waals surface area contributed by atoms with Crippen molar-refractivity contribution in [3.63, 3.8) is 0 Å². The summed E-state index contributed by atoms with van der Waals surface area (Å²) < 4.78 is 0. The number of hydrogen-bond acceptors (Lipinski definition) is 3. The maximum atomic E-state index is 11.6. The number of anilines is 1. The average Bonchev–Trinajstić information content (AvgIpc) is 3.00. The van der Waals surface area contributed by atoms with Crippen LogP contribution in [0.25, 0.3) is 0 Å². The Labute approximate surface area is 81.6 Å². The second-order valence-electron chi connectivity index (χ2n) is 3.36. The molecule has 0 atom stereocenters. The van der Waals surface area contributed by atoms with E-state index in [1.54, 1.807) is 24.4 Å². The molecular formula is C10H9N3O. The summed E-state index contributed by atoms with van der Waals surface area (Å²) >= 11 is 0. The van der Waals surface area contributed by atoms with Crippen molar-refractivity contribution < 1.29 is 4.79 Å². The minimum Gasteiger partial charge on any atom is -0.309 e. The van der Waals surface area contributed by atoms with Crippen LogP contribution in [0, 0.1) is 16.7 Å². The zero-order valence-corrected chi connectivity index (χ0v) is 7.53. The number of aromatic nitrogens is 1. The molecule has 1 saturated carbocycles. The molecular weight excluding hydrogens is 178 g/mol. The number of rotatable bonds is 2. The van der Waals surface area contributed by atoms with E-state index in [0.717, 1.165) is 0 Å². The largest absolute Gasteiger partial charge is 0.309 e. The summed E-state index contributed by atoms with van der Waals surface area (Å²) in [5.74, 6) is 0.262. The zero-order chi connectivity index (χ0) is 10.0. The van der Waals surface area contributed by atoms with Crippen LogP contribution in [-0.2, 0) is 4.79 Å². The van der Waals surface area contributed by atoms with Crippen molar-refractivity contribution in [2.75, 3.05) is 5.32 Å². The first kappa shape index (κ1) is 8.70. The fraction of sp³-hybridized carbons (Fsp3) is 0.300. The second kappa shape index (κ2) is 3.11. The standard InChI is InChI=1S/C10H9N3O/c11-7-10(4-5-10)9(14)13-8-3-1-2-6-12-8/h1-3,6H,4-5H2,(H,12,13,14). The SMILES string of the molecule is N#CC1(C(=O)Nc2ccccn2)CC1. The molecule has 0 aliphatic heterocycles. The molecule has 0 unspecified atom stereocenters. The van der Waals surface area contributed by atoms with E-state index in [-0.39, 0.29) is 5.91 Å². The molecule has 70 valence electrons. The number of nitrogens with one attached hydrogen (secondary N) is 1. The average molecular weight is 187 g/mol. The Morgan fingerprint density at radius 1 is 1.57 bits per heavy atom. The highest BCUT2D eigenvalue weighted by Gasteiger charge is 2.50. The van der Waals surface area contributed by atoms with Gasteiger partial charge < -0.3 is 5.32 Å². The molecule has 1 fully saturated rings. The van der Waals surface area contributed by atoms with Crippen molar-refractivity contribution in [2.45, 2.75) is 12.8 Å². The van der Waals surface area contributed by atoms with Crippen LogP contribution in [0.2, 0.25) is 0 Å². The Hall–Kier alpha value is -1.89. The van der Waals surface area contributed by atoms with Gasteiger partial charge in [-0.25, -0.2) is 4.98 Å². The van der Waals surface area contributed by atoms with Crippen molar-refractivity contribution in [1.82, 2.24) is 4.98 Å². The fourth-order valence-electron chi connectivity index (χ4n) is 1.19. The maximum absolute atomic E-state index is 11.6. The highest BCUT2D eigenvalue weighted by atomic mass is 16.2. The van der Waals surface area contributed by atoms with Gasteiger partial charge >= 0.3 is 0 Å². The molecule has 1 N–H and O–H groups in total. The molecule has 1 aromatic rings. The summed E-state index contributed by atoms with van der Waals surface area (Å²) in [4.78, 5) is 15.5. The van der Waals surface area contributed by atoms with Crippen LogP contribution >= 0.6 is 0 Å². The molecule has 4 nitrogen and oxygen atoms in total. The van der Waals surface area contributed by atoms with E-state index < -0.39 is 5.41 Å². The van der Waals surface area contributed by atoms with Crippen LogP contribution in [0.3, 0.4) is 0 Å². The Kier molecular flexibility index (Phi) is 1.93. The number of carbonyl (C=O) groups excluding carboxylic acids is 1. The van der Waals surface area contributed by atoms with Crippen LogP contribution in [0.15, 0.2) is 24.4 Å². The number of amides is 1. The minimum absolute atomic E-state index is 0.237. The Balaban J connectivity index is 2.07. The van der Waals surface area contributed by atoms with Gasteiger partial charge in [0, 0.05) is 6.20 Å². The molecule has 0 bridgehead atoms. The maximum Gasteiger partial charge on any atom is 0.246 e. The van der Waals surface area contributed by atoms with Gasteiger partial charge in [-0.3, -0.25) is 4.79 Å². The van der Waals surface area contributed by atoms with E-state index in [2.05, 4.69) is 10.3 Å². The van der Waals surface area contributed by atoms with E-state index in [0.29, 0.717) is 18.7 Å². The summed E-state index contributed by atoms with van der Waals surface area (Å²) in [6.07, 6.45) is 2.91. The third kappa shape index (κ3) is 1.44. The normalized spacial score (nSPS) is 16.8. The molecule has 1 aromatic heterocycles. The van der Waals surface area contributed by atoms with Crippen LogP contribution < -0.4 is 5.32 Å². The predicted octanol–water partition coefficient (Wildman–Crippen LogP) is 1.32. The monoisotopic (exact) mass is 187 g/mol. The highest BCUT2D eigenvalue weighted by molar-refractivity contribution is 5.98. The van der Waals surface area contributed by atoms with E-state index in [1.165, 1.54) is 0 Å². The van der Waals surface area contributed by atoms with E-state index >= 15 is 0 Å². The third-order valence-electron chi connectivity index (χ3n) is 2.31. The van der Waals surface area contributed by atoms with E-state index in [9.17, 15) is 4.79 Å². The number of nitrogens with zero attached hydrogens (tertiary/aromatic N) is 2. The van der Waals surface area contributed by atoms with Gasteiger partial charge in [0.15, 0.2) is 0 Å². The van der Waals surface area contributed by atoms with Gasteiger partial charge in [0.2, 0.25) is 5.91 Å². The first-order valence-corrected chi connectivity index (χ1v) is 4.41. The van der Waals surface area contributed by atoms with Gasteiger partial charge in [-0.05, 0) is 25.0 Å². The molecule has 0 spiro atoms. The quantitative estimate of drug-likeness (QED) is 0.759. The number of pyridine rings is 1. The summed E-state index contributed by atoms with van der Waals surface area (Å²) in [5.41, 5.74) is -0.780. The topological polar surface area (TPSA) is 65.8 Å². The van der Waals surface area contributed by atoms with Crippen molar-refractivity contribution >= 4 is 11.7 Å². The summed E-state index contributed by atoms with van der Waals surface area (Å²) in [7, 11) is 0. The van der Waals surface area contributed by atoms with Gasteiger partial charge in [0.25, 0.3) is 0 Å². The molecule has 14 heavy (non-hydrogen) atoms. The molecule has 2 rings (SSSR count). The Morgan fingerprint density at radius 2 is 2.36 bits per heavy atom.